The maximum absolute atomic E-state index is 13.1. The van der Waals surface area contributed by atoms with Gasteiger partial charge < -0.3 is 0 Å². The number of rotatable bonds is 6. The Morgan fingerprint density at radius 1 is 0.897 bits per heavy atom. The van der Waals surface area contributed by atoms with Crippen LogP contribution >= 0.6 is 23.4 Å². The van der Waals surface area contributed by atoms with Crippen molar-refractivity contribution in [1.29, 1.82) is 0 Å². The summed E-state index contributed by atoms with van der Waals surface area (Å²) in [6.45, 7) is 0. The van der Waals surface area contributed by atoms with Gasteiger partial charge in [0.1, 0.15) is 0 Å². The molecule has 0 radical (unpaired) electrons. The van der Waals surface area contributed by atoms with Gasteiger partial charge in [-0.1, -0.05) is 59.8 Å². The van der Waals surface area contributed by atoms with Crippen LogP contribution in [0.15, 0.2) is 90.1 Å². The Hall–Kier alpha value is -3.16. The molecule has 0 aliphatic rings. The van der Waals surface area contributed by atoms with Crippen molar-refractivity contribution in [2.75, 3.05) is 10.7 Å². The SMILES string of the molecule is O=C(CSc1nnnn1-c1ccc(Cl)cc1)N(c1ccccc1)c1ccccc1. The fourth-order valence-electron chi connectivity index (χ4n) is 2.80. The minimum Gasteiger partial charge on any atom is -0.280 e. The van der Waals surface area contributed by atoms with E-state index >= 15 is 0 Å². The van der Waals surface area contributed by atoms with Gasteiger partial charge in [0.05, 0.1) is 11.4 Å². The lowest BCUT2D eigenvalue weighted by Crippen LogP contribution is -2.27. The van der Waals surface area contributed by atoms with Crippen LogP contribution in [-0.2, 0) is 4.79 Å². The summed E-state index contributed by atoms with van der Waals surface area (Å²) < 4.78 is 1.59. The molecule has 8 heteroatoms. The number of halogens is 1. The van der Waals surface area contributed by atoms with Crippen molar-refractivity contribution >= 4 is 40.6 Å². The number of aromatic nitrogens is 4. The molecule has 0 fully saturated rings. The number of thioether (sulfide) groups is 1. The van der Waals surface area contributed by atoms with Crippen LogP contribution < -0.4 is 4.90 Å². The van der Waals surface area contributed by atoms with E-state index in [0.29, 0.717) is 10.2 Å². The lowest BCUT2D eigenvalue weighted by atomic mass is 10.2. The maximum Gasteiger partial charge on any atom is 0.242 e. The van der Waals surface area contributed by atoms with E-state index in [-0.39, 0.29) is 11.7 Å². The number of hydrogen-bond donors (Lipinski definition) is 0. The molecule has 3 aromatic carbocycles. The largest absolute Gasteiger partial charge is 0.280 e. The van der Waals surface area contributed by atoms with E-state index in [1.165, 1.54) is 11.8 Å². The van der Waals surface area contributed by atoms with E-state index < -0.39 is 0 Å². The molecule has 0 N–H and O–H groups in total. The molecule has 29 heavy (non-hydrogen) atoms. The van der Waals surface area contributed by atoms with E-state index in [1.54, 1.807) is 21.7 Å². The zero-order valence-corrected chi connectivity index (χ0v) is 16.8. The van der Waals surface area contributed by atoms with E-state index in [2.05, 4.69) is 15.5 Å². The van der Waals surface area contributed by atoms with Crippen molar-refractivity contribution in [2.45, 2.75) is 5.16 Å². The lowest BCUT2D eigenvalue weighted by molar-refractivity contribution is -0.115. The minimum atomic E-state index is -0.0712. The summed E-state index contributed by atoms with van der Waals surface area (Å²) in [5.41, 5.74) is 2.39. The van der Waals surface area contributed by atoms with Gasteiger partial charge >= 0.3 is 0 Å². The maximum atomic E-state index is 13.1. The second-order valence-electron chi connectivity index (χ2n) is 6.04. The molecule has 6 nitrogen and oxygen atoms in total. The summed E-state index contributed by atoms with van der Waals surface area (Å²) in [5.74, 6) is 0.107. The van der Waals surface area contributed by atoms with Gasteiger partial charge in [-0.05, 0) is 59.0 Å². The summed E-state index contributed by atoms with van der Waals surface area (Å²) in [6, 6.07) is 26.3. The average Bonchev–Trinajstić information content (AvgIpc) is 3.23. The number of benzene rings is 3. The van der Waals surface area contributed by atoms with Crippen molar-refractivity contribution in [1.82, 2.24) is 20.2 Å². The van der Waals surface area contributed by atoms with Crippen LogP contribution in [0.3, 0.4) is 0 Å². The molecular weight excluding hydrogens is 406 g/mol. The van der Waals surface area contributed by atoms with Crippen molar-refractivity contribution in [3.63, 3.8) is 0 Å². The highest BCUT2D eigenvalue weighted by Crippen LogP contribution is 2.27. The topological polar surface area (TPSA) is 63.9 Å². The van der Waals surface area contributed by atoms with E-state index in [1.807, 2.05) is 72.8 Å². The van der Waals surface area contributed by atoms with Crippen LogP contribution in [0.4, 0.5) is 11.4 Å². The van der Waals surface area contributed by atoms with Gasteiger partial charge in [-0.25, -0.2) is 0 Å². The van der Waals surface area contributed by atoms with Crippen molar-refractivity contribution in [3.05, 3.63) is 90.0 Å². The van der Waals surface area contributed by atoms with Crippen LogP contribution in [-0.4, -0.2) is 31.9 Å². The molecule has 0 atom stereocenters. The zero-order chi connectivity index (χ0) is 20.1. The Labute approximate surface area is 177 Å². The third-order valence-electron chi connectivity index (χ3n) is 4.12. The van der Waals surface area contributed by atoms with Crippen molar-refractivity contribution in [2.24, 2.45) is 0 Å². The fourth-order valence-corrected chi connectivity index (χ4v) is 3.66. The Balaban J connectivity index is 1.55. The number of amides is 1. The number of carbonyl (C=O) groups is 1. The van der Waals surface area contributed by atoms with Crippen molar-refractivity contribution in [3.8, 4) is 5.69 Å². The molecule has 0 aliphatic heterocycles. The predicted molar refractivity (Wildman–Crippen MR) is 115 cm³/mol. The molecule has 0 aliphatic carbocycles. The molecule has 4 aromatic rings. The first-order valence-electron chi connectivity index (χ1n) is 8.82. The van der Waals surface area contributed by atoms with E-state index in [4.69, 9.17) is 11.6 Å². The quantitative estimate of drug-likeness (QED) is 0.419. The second-order valence-corrected chi connectivity index (χ2v) is 7.42. The molecule has 0 saturated carbocycles. The second kappa shape index (κ2) is 8.89. The molecule has 4 rings (SSSR count). The first kappa shape index (κ1) is 19.2. The molecule has 0 bridgehead atoms. The summed E-state index contributed by atoms with van der Waals surface area (Å²) in [5, 5.41) is 13.0. The van der Waals surface area contributed by atoms with Crippen LogP contribution in [0.5, 0.6) is 0 Å². The number of anilines is 2. The predicted octanol–water partition coefficient (Wildman–Crippen LogP) is 4.77. The average molecular weight is 422 g/mol. The monoisotopic (exact) mass is 421 g/mol. The summed E-state index contributed by atoms with van der Waals surface area (Å²) >= 11 is 7.23. The fraction of sp³-hybridized carbons (Fsp3) is 0.0476. The zero-order valence-electron chi connectivity index (χ0n) is 15.2. The molecule has 0 spiro atoms. The molecular formula is C21H16ClN5OS. The van der Waals surface area contributed by atoms with Gasteiger partial charge in [0.25, 0.3) is 0 Å². The normalized spacial score (nSPS) is 10.7. The molecule has 1 amide bonds. The third kappa shape index (κ3) is 4.47. The summed E-state index contributed by atoms with van der Waals surface area (Å²) in [7, 11) is 0. The van der Waals surface area contributed by atoms with Crippen LogP contribution in [0.25, 0.3) is 5.69 Å². The highest BCUT2D eigenvalue weighted by molar-refractivity contribution is 7.99. The molecule has 0 unspecified atom stereocenters. The smallest absolute Gasteiger partial charge is 0.242 e. The van der Waals surface area contributed by atoms with Gasteiger partial charge in [-0.15, -0.1) is 5.10 Å². The van der Waals surface area contributed by atoms with Crippen LogP contribution in [0, 0.1) is 0 Å². The van der Waals surface area contributed by atoms with E-state index in [9.17, 15) is 4.79 Å². The van der Waals surface area contributed by atoms with Gasteiger partial charge in [-0.3, -0.25) is 9.69 Å². The van der Waals surface area contributed by atoms with Gasteiger partial charge in [0.15, 0.2) is 0 Å². The first-order chi connectivity index (χ1) is 14.2. The first-order valence-corrected chi connectivity index (χ1v) is 10.2. The number of tetrazole rings is 1. The molecule has 1 aromatic heterocycles. The van der Waals surface area contributed by atoms with E-state index in [0.717, 1.165) is 17.1 Å². The summed E-state index contributed by atoms with van der Waals surface area (Å²) in [6.07, 6.45) is 0. The number of hydrogen-bond acceptors (Lipinski definition) is 5. The Kier molecular flexibility index (Phi) is 5.88. The Morgan fingerprint density at radius 2 is 1.48 bits per heavy atom. The molecule has 0 saturated heterocycles. The van der Waals surface area contributed by atoms with Crippen LogP contribution in [0.1, 0.15) is 0 Å². The van der Waals surface area contributed by atoms with Crippen LogP contribution in [0.2, 0.25) is 5.02 Å². The highest BCUT2D eigenvalue weighted by Gasteiger charge is 2.19. The molecule has 144 valence electrons. The molecule has 1 heterocycles. The number of carbonyl (C=O) groups excluding carboxylic acids is 1. The number of para-hydroxylation sites is 2. The third-order valence-corrected chi connectivity index (χ3v) is 5.27. The standard InChI is InChI=1S/C21H16ClN5OS/c22-16-11-13-19(14-12-16)27-21(23-24-25-27)29-15-20(28)26(17-7-3-1-4-8-17)18-9-5-2-6-10-18/h1-14H,15H2. The summed E-state index contributed by atoms with van der Waals surface area (Å²) in [4.78, 5) is 14.8. The highest BCUT2D eigenvalue weighted by atomic mass is 35.5. The Morgan fingerprint density at radius 3 is 2.07 bits per heavy atom. The van der Waals surface area contributed by atoms with Crippen molar-refractivity contribution < 1.29 is 4.79 Å². The van der Waals surface area contributed by atoms with Gasteiger partial charge in [-0.2, -0.15) is 4.68 Å². The van der Waals surface area contributed by atoms with Gasteiger partial charge in [0, 0.05) is 16.4 Å². The Bertz CT molecular complexity index is 1050. The minimum absolute atomic E-state index is 0.0712. The lowest BCUT2D eigenvalue weighted by Gasteiger charge is -2.22. The van der Waals surface area contributed by atoms with Gasteiger partial charge in [0.2, 0.25) is 11.1 Å². The number of nitrogens with zero attached hydrogens (tertiary/aromatic N) is 5.